The number of methoxy groups -OCH3 is 1. The van der Waals surface area contributed by atoms with E-state index in [-0.39, 0.29) is 11.9 Å². The molecule has 4 rings (SSSR count). The summed E-state index contributed by atoms with van der Waals surface area (Å²) in [6.07, 6.45) is 0. The molecule has 31 heavy (non-hydrogen) atoms. The Morgan fingerprint density at radius 1 is 0.871 bits per heavy atom. The van der Waals surface area contributed by atoms with E-state index in [0.717, 1.165) is 70.3 Å². The molecule has 2 heterocycles. The van der Waals surface area contributed by atoms with Gasteiger partial charge in [0.15, 0.2) is 0 Å². The van der Waals surface area contributed by atoms with Gasteiger partial charge in [-0.05, 0) is 24.6 Å². The van der Waals surface area contributed by atoms with E-state index >= 15 is 0 Å². The lowest BCUT2D eigenvalue weighted by Gasteiger charge is -2.41. The lowest BCUT2D eigenvalue weighted by Crippen LogP contribution is -2.57. The second-order valence-electron chi connectivity index (χ2n) is 8.46. The summed E-state index contributed by atoms with van der Waals surface area (Å²) in [6.45, 7) is 10.1. The van der Waals surface area contributed by atoms with Crippen molar-refractivity contribution in [3.05, 3.63) is 60.2 Å². The molecule has 166 valence electrons. The van der Waals surface area contributed by atoms with Crippen molar-refractivity contribution in [3.8, 4) is 5.75 Å². The summed E-state index contributed by atoms with van der Waals surface area (Å²) in [5.74, 6) is 1.18. The fraction of sp³-hybridized carbons (Fsp3) is 0.480. The fourth-order valence-electron chi connectivity index (χ4n) is 4.63. The number of piperazine rings is 2. The highest BCUT2D eigenvalue weighted by molar-refractivity contribution is 5.81. The molecule has 0 N–H and O–H groups in total. The van der Waals surface area contributed by atoms with Gasteiger partial charge in [0.25, 0.3) is 0 Å². The predicted octanol–water partition coefficient (Wildman–Crippen LogP) is 2.55. The minimum Gasteiger partial charge on any atom is -0.495 e. The van der Waals surface area contributed by atoms with E-state index in [1.165, 1.54) is 5.56 Å². The van der Waals surface area contributed by atoms with Crippen molar-refractivity contribution in [2.45, 2.75) is 19.5 Å². The summed E-state index contributed by atoms with van der Waals surface area (Å²) < 4.78 is 5.52. The maximum absolute atomic E-state index is 13.1. The Balaban J connectivity index is 1.26. The first kappa shape index (κ1) is 21.7. The van der Waals surface area contributed by atoms with Crippen LogP contribution in [0.1, 0.15) is 12.5 Å². The molecule has 0 radical (unpaired) electrons. The molecule has 2 saturated heterocycles. The Kier molecular flexibility index (Phi) is 7.10. The SMILES string of the molecule is COc1ccccc1N1CCN([C@@H](C)C(=O)N2CCN(Cc3ccccc3)CC2)CC1. The molecule has 0 bridgehead atoms. The number of hydrogen-bond donors (Lipinski definition) is 0. The summed E-state index contributed by atoms with van der Waals surface area (Å²) >= 11 is 0. The molecule has 0 saturated carbocycles. The third-order valence-corrected chi connectivity index (χ3v) is 6.58. The smallest absolute Gasteiger partial charge is 0.239 e. The van der Waals surface area contributed by atoms with Crippen LogP contribution in [0.4, 0.5) is 5.69 Å². The highest BCUT2D eigenvalue weighted by atomic mass is 16.5. The van der Waals surface area contributed by atoms with E-state index in [1.54, 1.807) is 7.11 Å². The normalized spacial score (nSPS) is 19.3. The van der Waals surface area contributed by atoms with Gasteiger partial charge in [-0.1, -0.05) is 42.5 Å². The zero-order valence-corrected chi connectivity index (χ0v) is 18.7. The Morgan fingerprint density at radius 2 is 1.52 bits per heavy atom. The second-order valence-corrected chi connectivity index (χ2v) is 8.46. The largest absolute Gasteiger partial charge is 0.495 e. The van der Waals surface area contributed by atoms with Crippen LogP contribution in [0.2, 0.25) is 0 Å². The molecule has 2 aromatic rings. The maximum atomic E-state index is 13.1. The van der Waals surface area contributed by atoms with E-state index in [1.807, 2.05) is 18.2 Å². The number of benzene rings is 2. The molecule has 2 aliphatic heterocycles. The van der Waals surface area contributed by atoms with Gasteiger partial charge in [-0.2, -0.15) is 0 Å². The Labute approximate surface area is 186 Å². The first-order chi connectivity index (χ1) is 15.2. The molecular formula is C25H34N4O2. The van der Waals surface area contributed by atoms with Crippen molar-refractivity contribution >= 4 is 11.6 Å². The standard InChI is InChI=1S/C25H34N4O2/c1-21(27-16-18-28(19-17-27)23-10-6-7-11-24(23)31-2)25(30)29-14-12-26(13-15-29)20-22-8-4-3-5-9-22/h3-11,21H,12-20H2,1-2H3/t21-/m0/s1. The Hall–Kier alpha value is -2.57. The highest BCUT2D eigenvalue weighted by Gasteiger charge is 2.31. The molecule has 0 aromatic heterocycles. The van der Waals surface area contributed by atoms with Crippen LogP contribution in [0.3, 0.4) is 0 Å². The molecule has 6 heteroatoms. The summed E-state index contributed by atoms with van der Waals surface area (Å²) in [7, 11) is 1.72. The van der Waals surface area contributed by atoms with Crippen molar-refractivity contribution < 1.29 is 9.53 Å². The summed E-state index contributed by atoms with van der Waals surface area (Å²) in [5.41, 5.74) is 2.47. The first-order valence-electron chi connectivity index (χ1n) is 11.3. The minimum absolute atomic E-state index is 0.0690. The van der Waals surface area contributed by atoms with Crippen LogP contribution in [0.25, 0.3) is 0 Å². The molecule has 1 amide bonds. The molecular weight excluding hydrogens is 388 g/mol. The summed E-state index contributed by atoms with van der Waals surface area (Å²) in [4.78, 5) is 22.3. The van der Waals surface area contributed by atoms with Crippen LogP contribution in [0, 0.1) is 0 Å². The van der Waals surface area contributed by atoms with Gasteiger partial charge in [-0.15, -0.1) is 0 Å². The zero-order chi connectivity index (χ0) is 21.6. The van der Waals surface area contributed by atoms with Gasteiger partial charge < -0.3 is 14.5 Å². The number of anilines is 1. The monoisotopic (exact) mass is 422 g/mol. The van der Waals surface area contributed by atoms with Crippen molar-refractivity contribution in [1.29, 1.82) is 0 Å². The molecule has 2 aliphatic rings. The van der Waals surface area contributed by atoms with Gasteiger partial charge in [0, 0.05) is 58.9 Å². The number of rotatable bonds is 6. The quantitative estimate of drug-likeness (QED) is 0.716. The van der Waals surface area contributed by atoms with E-state index < -0.39 is 0 Å². The Morgan fingerprint density at radius 3 is 2.19 bits per heavy atom. The maximum Gasteiger partial charge on any atom is 0.239 e. The third kappa shape index (κ3) is 5.20. The van der Waals surface area contributed by atoms with Crippen LogP contribution in [-0.2, 0) is 11.3 Å². The fourth-order valence-corrected chi connectivity index (χ4v) is 4.63. The van der Waals surface area contributed by atoms with E-state index in [0.29, 0.717) is 0 Å². The topological polar surface area (TPSA) is 39.3 Å². The number of carbonyl (C=O) groups excluding carboxylic acids is 1. The second kappa shape index (κ2) is 10.2. The molecule has 0 unspecified atom stereocenters. The van der Waals surface area contributed by atoms with Crippen molar-refractivity contribution in [2.24, 2.45) is 0 Å². The van der Waals surface area contributed by atoms with Gasteiger partial charge in [0.1, 0.15) is 5.75 Å². The van der Waals surface area contributed by atoms with E-state index in [2.05, 4.69) is 62.9 Å². The van der Waals surface area contributed by atoms with Crippen LogP contribution in [0.5, 0.6) is 5.75 Å². The average Bonchev–Trinajstić information content (AvgIpc) is 2.84. The van der Waals surface area contributed by atoms with Gasteiger partial charge >= 0.3 is 0 Å². The van der Waals surface area contributed by atoms with Crippen molar-refractivity contribution in [3.63, 3.8) is 0 Å². The zero-order valence-electron chi connectivity index (χ0n) is 18.7. The van der Waals surface area contributed by atoms with Crippen molar-refractivity contribution in [2.75, 3.05) is 64.4 Å². The van der Waals surface area contributed by atoms with Crippen LogP contribution < -0.4 is 9.64 Å². The number of amides is 1. The number of carbonyl (C=O) groups is 1. The number of para-hydroxylation sites is 2. The summed E-state index contributed by atoms with van der Waals surface area (Å²) in [5, 5.41) is 0. The van der Waals surface area contributed by atoms with Gasteiger partial charge in [-0.25, -0.2) is 0 Å². The van der Waals surface area contributed by atoms with Crippen LogP contribution in [-0.4, -0.2) is 86.1 Å². The molecule has 2 fully saturated rings. The molecule has 0 aliphatic carbocycles. The van der Waals surface area contributed by atoms with E-state index in [4.69, 9.17) is 4.74 Å². The van der Waals surface area contributed by atoms with E-state index in [9.17, 15) is 4.79 Å². The minimum atomic E-state index is -0.0690. The van der Waals surface area contributed by atoms with Gasteiger partial charge in [-0.3, -0.25) is 14.6 Å². The molecule has 6 nitrogen and oxygen atoms in total. The highest BCUT2D eigenvalue weighted by Crippen LogP contribution is 2.28. The Bertz CT molecular complexity index is 844. The number of ether oxygens (including phenoxy) is 1. The number of nitrogens with zero attached hydrogens (tertiary/aromatic N) is 4. The van der Waals surface area contributed by atoms with Crippen molar-refractivity contribution in [1.82, 2.24) is 14.7 Å². The molecule has 2 aromatic carbocycles. The predicted molar refractivity (Wildman–Crippen MR) is 125 cm³/mol. The third-order valence-electron chi connectivity index (χ3n) is 6.58. The van der Waals surface area contributed by atoms with Gasteiger partial charge in [0.05, 0.1) is 18.8 Å². The molecule has 1 atom stereocenters. The molecule has 0 spiro atoms. The van der Waals surface area contributed by atoms with Gasteiger partial charge in [0.2, 0.25) is 5.91 Å². The van der Waals surface area contributed by atoms with Crippen LogP contribution in [0.15, 0.2) is 54.6 Å². The number of hydrogen-bond acceptors (Lipinski definition) is 5. The lowest BCUT2D eigenvalue weighted by molar-refractivity contribution is -0.138. The first-order valence-corrected chi connectivity index (χ1v) is 11.3. The average molecular weight is 423 g/mol. The lowest BCUT2D eigenvalue weighted by atomic mass is 10.1. The van der Waals surface area contributed by atoms with Crippen LogP contribution >= 0.6 is 0 Å². The summed E-state index contributed by atoms with van der Waals surface area (Å²) in [6, 6.07) is 18.7.